The second kappa shape index (κ2) is 3.26. The van der Waals surface area contributed by atoms with Gasteiger partial charge in [-0.15, -0.1) is 0 Å². The van der Waals surface area contributed by atoms with Crippen molar-refractivity contribution < 1.29 is 0 Å². The van der Waals surface area contributed by atoms with Crippen molar-refractivity contribution in [2.24, 2.45) is 5.92 Å². The van der Waals surface area contributed by atoms with E-state index in [0.29, 0.717) is 0 Å². The molecule has 0 aromatic heterocycles. The van der Waals surface area contributed by atoms with Crippen LogP contribution in [0.3, 0.4) is 0 Å². The van der Waals surface area contributed by atoms with E-state index in [1.165, 1.54) is 31.5 Å². The van der Waals surface area contributed by atoms with E-state index in [0.717, 1.165) is 19.0 Å². The van der Waals surface area contributed by atoms with Crippen LogP contribution in [0.25, 0.3) is 0 Å². The molecular weight excluding hydrogens is 136 g/mol. The standard InChI is InChI=1S/C9H16N2/c1-2-4-9-8(3-1)7-10-5-6-11-9/h4,8,10-11H,1-3,5-7H2. The van der Waals surface area contributed by atoms with Crippen molar-refractivity contribution in [3.8, 4) is 0 Å². The summed E-state index contributed by atoms with van der Waals surface area (Å²) in [5, 5.41) is 6.93. The van der Waals surface area contributed by atoms with Gasteiger partial charge in [0.1, 0.15) is 0 Å². The van der Waals surface area contributed by atoms with Crippen molar-refractivity contribution in [1.82, 2.24) is 10.6 Å². The number of allylic oxidation sites excluding steroid dienone is 1. The minimum atomic E-state index is 0.784. The van der Waals surface area contributed by atoms with Crippen molar-refractivity contribution in [2.75, 3.05) is 19.6 Å². The van der Waals surface area contributed by atoms with Gasteiger partial charge in [-0.1, -0.05) is 6.08 Å². The first-order chi connectivity index (χ1) is 5.47. The second-order valence-electron chi connectivity index (χ2n) is 3.42. The SMILES string of the molecule is C1=C2NCCNCC2CCC1. The Morgan fingerprint density at radius 1 is 1.36 bits per heavy atom. The summed E-state index contributed by atoms with van der Waals surface area (Å²) in [6, 6.07) is 0. The summed E-state index contributed by atoms with van der Waals surface area (Å²) in [5.74, 6) is 0.784. The van der Waals surface area contributed by atoms with Gasteiger partial charge >= 0.3 is 0 Å². The molecule has 0 radical (unpaired) electrons. The largest absolute Gasteiger partial charge is 0.387 e. The summed E-state index contributed by atoms with van der Waals surface area (Å²) >= 11 is 0. The Kier molecular flexibility index (Phi) is 2.13. The van der Waals surface area contributed by atoms with Crippen LogP contribution in [0.1, 0.15) is 19.3 Å². The highest BCUT2D eigenvalue weighted by Gasteiger charge is 2.18. The lowest BCUT2D eigenvalue weighted by Crippen LogP contribution is -2.23. The van der Waals surface area contributed by atoms with Crippen LogP contribution in [-0.2, 0) is 0 Å². The van der Waals surface area contributed by atoms with Gasteiger partial charge in [0.2, 0.25) is 0 Å². The molecule has 0 bridgehead atoms. The fourth-order valence-electron chi connectivity index (χ4n) is 1.94. The average molecular weight is 152 g/mol. The molecule has 0 saturated carbocycles. The van der Waals surface area contributed by atoms with E-state index >= 15 is 0 Å². The number of fused-ring (bicyclic) bond motifs is 1. The van der Waals surface area contributed by atoms with Gasteiger partial charge in [0.15, 0.2) is 0 Å². The van der Waals surface area contributed by atoms with Gasteiger partial charge in [0.05, 0.1) is 0 Å². The lowest BCUT2D eigenvalue weighted by Gasteiger charge is -2.22. The van der Waals surface area contributed by atoms with Gasteiger partial charge in [-0.3, -0.25) is 0 Å². The van der Waals surface area contributed by atoms with Gasteiger partial charge in [0.25, 0.3) is 0 Å². The maximum Gasteiger partial charge on any atom is 0.0269 e. The van der Waals surface area contributed by atoms with Crippen LogP contribution in [0.5, 0.6) is 0 Å². The molecule has 2 heteroatoms. The first kappa shape index (κ1) is 7.17. The topological polar surface area (TPSA) is 24.1 Å². The van der Waals surface area contributed by atoms with Gasteiger partial charge in [-0.25, -0.2) is 0 Å². The summed E-state index contributed by atoms with van der Waals surface area (Å²) < 4.78 is 0. The van der Waals surface area contributed by atoms with Crippen molar-refractivity contribution in [1.29, 1.82) is 0 Å². The Labute approximate surface area is 68.1 Å². The van der Waals surface area contributed by atoms with E-state index in [1.54, 1.807) is 0 Å². The van der Waals surface area contributed by atoms with Crippen molar-refractivity contribution in [3.63, 3.8) is 0 Å². The lowest BCUT2D eigenvalue weighted by atomic mass is 9.92. The molecule has 1 fully saturated rings. The van der Waals surface area contributed by atoms with Crippen molar-refractivity contribution in [3.05, 3.63) is 11.8 Å². The first-order valence-corrected chi connectivity index (χ1v) is 4.61. The Morgan fingerprint density at radius 2 is 2.36 bits per heavy atom. The normalized spacial score (nSPS) is 31.3. The van der Waals surface area contributed by atoms with E-state index in [1.807, 2.05) is 0 Å². The molecule has 1 unspecified atom stereocenters. The molecule has 0 aromatic rings. The van der Waals surface area contributed by atoms with E-state index in [2.05, 4.69) is 16.7 Å². The Morgan fingerprint density at radius 3 is 3.36 bits per heavy atom. The zero-order valence-electron chi connectivity index (χ0n) is 6.90. The Balaban J connectivity index is 2.07. The molecule has 1 saturated heterocycles. The maximum atomic E-state index is 3.48. The van der Waals surface area contributed by atoms with E-state index in [-0.39, 0.29) is 0 Å². The molecule has 0 spiro atoms. The van der Waals surface area contributed by atoms with Gasteiger partial charge < -0.3 is 10.6 Å². The molecule has 2 rings (SSSR count). The van der Waals surface area contributed by atoms with E-state index in [9.17, 15) is 0 Å². The predicted octanol–water partition coefficient (Wildman–Crippen LogP) is 0.863. The van der Waals surface area contributed by atoms with Crippen LogP contribution >= 0.6 is 0 Å². The molecule has 62 valence electrons. The van der Waals surface area contributed by atoms with E-state index in [4.69, 9.17) is 0 Å². The van der Waals surface area contributed by atoms with Crippen molar-refractivity contribution >= 4 is 0 Å². The van der Waals surface area contributed by atoms with Crippen LogP contribution in [0.4, 0.5) is 0 Å². The quantitative estimate of drug-likeness (QED) is 0.538. The molecule has 0 aromatic carbocycles. The predicted molar refractivity (Wildman–Crippen MR) is 46.3 cm³/mol. The first-order valence-electron chi connectivity index (χ1n) is 4.61. The molecule has 1 aliphatic carbocycles. The van der Waals surface area contributed by atoms with Gasteiger partial charge in [-0.05, 0) is 19.3 Å². The van der Waals surface area contributed by atoms with E-state index < -0.39 is 0 Å². The van der Waals surface area contributed by atoms with Crippen LogP contribution < -0.4 is 10.6 Å². The molecule has 2 N–H and O–H groups in total. The third-order valence-corrected chi connectivity index (χ3v) is 2.58. The van der Waals surface area contributed by atoms with Crippen molar-refractivity contribution in [2.45, 2.75) is 19.3 Å². The Bertz CT molecular complexity index is 163. The molecule has 1 heterocycles. The molecular formula is C9H16N2. The average Bonchev–Trinajstić information content (AvgIpc) is 2.28. The summed E-state index contributed by atoms with van der Waals surface area (Å²) in [6.07, 6.45) is 6.39. The monoisotopic (exact) mass is 152 g/mol. The highest BCUT2D eigenvalue weighted by atomic mass is 15.0. The maximum absolute atomic E-state index is 3.48. The highest BCUT2D eigenvalue weighted by molar-refractivity contribution is 5.09. The molecule has 1 aliphatic heterocycles. The summed E-state index contributed by atoms with van der Waals surface area (Å²) in [4.78, 5) is 0. The molecule has 0 amide bonds. The molecule has 1 atom stereocenters. The third-order valence-electron chi connectivity index (χ3n) is 2.58. The van der Waals surface area contributed by atoms with Gasteiger partial charge in [-0.2, -0.15) is 0 Å². The lowest BCUT2D eigenvalue weighted by molar-refractivity contribution is 0.481. The molecule has 11 heavy (non-hydrogen) atoms. The fourth-order valence-corrected chi connectivity index (χ4v) is 1.94. The molecule has 2 nitrogen and oxygen atoms in total. The second-order valence-corrected chi connectivity index (χ2v) is 3.42. The zero-order valence-corrected chi connectivity index (χ0v) is 6.90. The number of nitrogens with one attached hydrogen (secondary N) is 2. The number of rotatable bonds is 0. The summed E-state index contributed by atoms with van der Waals surface area (Å²) in [5.41, 5.74) is 1.50. The molecule has 2 aliphatic rings. The van der Waals surface area contributed by atoms with Crippen LogP contribution in [0, 0.1) is 5.92 Å². The van der Waals surface area contributed by atoms with Crippen LogP contribution in [0.2, 0.25) is 0 Å². The zero-order chi connectivity index (χ0) is 7.52. The minimum absolute atomic E-state index is 0.784. The van der Waals surface area contributed by atoms with Crippen LogP contribution in [0.15, 0.2) is 11.8 Å². The van der Waals surface area contributed by atoms with Gasteiger partial charge in [0, 0.05) is 31.2 Å². The number of hydrogen-bond acceptors (Lipinski definition) is 2. The smallest absolute Gasteiger partial charge is 0.0269 e. The fraction of sp³-hybridized carbons (Fsp3) is 0.778. The highest BCUT2D eigenvalue weighted by Crippen LogP contribution is 2.22. The summed E-state index contributed by atoms with van der Waals surface area (Å²) in [7, 11) is 0. The minimum Gasteiger partial charge on any atom is -0.387 e. The third kappa shape index (κ3) is 1.56. The number of hydrogen-bond donors (Lipinski definition) is 2. The Hall–Kier alpha value is -0.500. The van der Waals surface area contributed by atoms with Crippen LogP contribution in [-0.4, -0.2) is 19.6 Å². The summed E-state index contributed by atoms with van der Waals surface area (Å²) in [6.45, 7) is 3.40.